The number of thioether (sulfide) groups is 1. The Morgan fingerprint density at radius 2 is 2.45 bits per heavy atom. The topological polar surface area (TPSA) is 12.0 Å². The number of nitrogens with one attached hydrogen (secondary N) is 1. The van der Waals surface area contributed by atoms with E-state index < -0.39 is 0 Å². The van der Waals surface area contributed by atoms with Crippen LogP contribution in [-0.4, -0.2) is 24.1 Å². The number of rotatable bonds is 4. The highest BCUT2D eigenvalue weighted by Crippen LogP contribution is 2.22. The van der Waals surface area contributed by atoms with Crippen LogP contribution in [0.15, 0.2) is 0 Å². The molecule has 0 aliphatic carbocycles. The predicted octanol–water partition coefficient (Wildman–Crippen LogP) is 2.13. The van der Waals surface area contributed by atoms with E-state index in [1.165, 1.54) is 30.9 Å². The van der Waals surface area contributed by atoms with Gasteiger partial charge in [0.25, 0.3) is 0 Å². The third-order valence-corrected chi connectivity index (χ3v) is 3.62. The van der Waals surface area contributed by atoms with Gasteiger partial charge in [0.15, 0.2) is 0 Å². The lowest BCUT2D eigenvalue weighted by molar-refractivity contribution is 0.460. The zero-order chi connectivity index (χ0) is 8.10. The quantitative estimate of drug-likeness (QED) is 0.699. The van der Waals surface area contributed by atoms with Gasteiger partial charge in [0, 0.05) is 6.04 Å². The van der Waals surface area contributed by atoms with Crippen molar-refractivity contribution < 1.29 is 0 Å². The van der Waals surface area contributed by atoms with Gasteiger partial charge in [0.1, 0.15) is 0 Å². The van der Waals surface area contributed by atoms with Gasteiger partial charge in [-0.05, 0) is 43.7 Å². The van der Waals surface area contributed by atoms with Crippen molar-refractivity contribution in [2.45, 2.75) is 32.7 Å². The van der Waals surface area contributed by atoms with Gasteiger partial charge in [-0.25, -0.2) is 0 Å². The molecule has 1 fully saturated rings. The summed E-state index contributed by atoms with van der Waals surface area (Å²) in [7, 11) is 0. The average molecular weight is 173 g/mol. The van der Waals surface area contributed by atoms with Gasteiger partial charge in [0.2, 0.25) is 0 Å². The number of hydrogen-bond donors (Lipinski definition) is 1. The normalized spacial score (nSPS) is 27.3. The third-order valence-electron chi connectivity index (χ3n) is 2.39. The minimum absolute atomic E-state index is 0.709. The highest BCUT2D eigenvalue weighted by molar-refractivity contribution is 7.99. The van der Waals surface area contributed by atoms with E-state index in [2.05, 4.69) is 30.9 Å². The molecule has 1 saturated heterocycles. The Balaban J connectivity index is 2.01. The van der Waals surface area contributed by atoms with Crippen molar-refractivity contribution in [2.75, 3.05) is 18.1 Å². The summed E-state index contributed by atoms with van der Waals surface area (Å²) in [6.07, 6.45) is 2.67. The van der Waals surface area contributed by atoms with Crippen LogP contribution < -0.4 is 5.32 Å². The van der Waals surface area contributed by atoms with E-state index in [1.54, 1.807) is 0 Å². The maximum atomic E-state index is 3.56. The van der Waals surface area contributed by atoms with Crippen molar-refractivity contribution in [3.05, 3.63) is 0 Å². The van der Waals surface area contributed by atoms with Gasteiger partial charge in [0.05, 0.1) is 0 Å². The Morgan fingerprint density at radius 1 is 1.64 bits per heavy atom. The lowest BCUT2D eigenvalue weighted by atomic mass is 10.1. The van der Waals surface area contributed by atoms with E-state index >= 15 is 0 Å². The first-order chi connectivity index (χ1) is 5.33. The van der Waals surface area contributed by atoms with Gasteiger partial charge in [-0.3, -0.25) is 0 Å². The maximum Gasteiger partial charge on any atom is 0.00362 e. The predicted molar refractivity (Wildman–Crippen MR) is 53.2 cm³/mol. The van der Waals surface area contributed by atoms with Crippen molar-refractivity contribution >= 4 is 11.8 Å². The molecule has 11 heavy (non-hydrogen) atoms. The second-order valence-corrected chi connectivity index (χ2v) is 4.60. The van der Waals surface area contributed by atoms with Crippen LogP contribution in [0.25, 0.3) is 0 Å². The van der Waals surface area contributed by atoms with Crippen LogP contribution in [0.4, 0.5) is 0 Å². The molecule has 1 aliphatic rings. The monoisotopic (exact) mass is 173 g/mol. The minimum atomic E-state index is 0.709. The molecule has 0 spiro atoms. The van der Waals surface area contributed by atoms with Crippen molar-refractivity contribution in [3.63, 3.8) is 0 Å². The Kier molecular flexibility index (Phi) is 4.31. The summed E-state index contributed by atoms with van der Waals surface area (Å²) in [4.78, 5) is 0. The largest absolute Gasteiger partial charge is 0.314 e. The summed E-state index contributed by atoms with van der Waals surface area (Å²) < 4.78 is 0. The van der Waals surface area contributed by atoms with Gasteiger partial charge < -0.3 is 5.32 Å². The summed E-state index contributed by atoms with van der Waals surface area (Å²) in [5.41, 5.74) is 0. The fourth-order valence-corrected chi connectivity index (χ4v) is 2.54. The van der Waals surface area contributed by atoms with Crippen LogP contribution in [0.5, 0.6) is 0 Å². The molecular formula is C9H19NS. The average Bonchev–Trinajstić information content (AvgIpc) is 2.52. The highest BCUT2D eigenvalue weighted by Gasteiger charge is 2.15. The first kappa shape index (κ1) is 9.40. The van der Waals surface area contributed by atoms with Crippen LogP contribution in [0.3, 0.4) is 0 Å². The highest BCUT2D eigenvalue weighted by atomic mass is 32.2. The summed E-state index contributed by atoms with van der Waals surface area (Å²) in [5.74, 6) is 3.71. The molecule has 0 amide bonds. The molecule has 0 saturated carbocycles. The molecular weight excluding hydrogens is 154 g/mol. The first-order valence-electron chi connectivity index (χ1n) is 4.64. The molecule has 2 atom stereocenters. The molecule has 1 nitrogen and oxygen atoms in total. The fraction of sp³-hybridized carbons (Fsp3) is 1.00. The van der Waals surface area contributed by atoms with Gasteiger partial charge in [-0.1, -0.05) is 6.92 Å². The molecule has 2 unspecified atom stereocenters. The van der Waals surface area contributed by atoms with Crippen molar-refractivity contribution in [1.82, 2.24) is 5.32 Å². The van der Waals surface area contributed by atoms with Crippen LogP contribution in [0, 0.1) is 5.92 Å². The molecule has 0 aromatic heterocycles. The van der Waals surface area contributed by atoms with Gasteiger partial charge in [-0.15, -0.1) is 0 Å². The Hall–Kier alpha value is 0.310. The second kappa shape index (κ2) is 5.04. The summed E-state index contributed by atoms with van der Waals surface area (Å²) in [5, 5.41) is 3.56. The molecule has 1 N–H and O–H groups in total. The Morgan fingerprint density at radius 3 is 3.00 bits per heavy atom. The fourth-order valence-electron chi connectivity index (χ4n) is 1.26. The summed E-state index contributed by atoms with van der Waals surface area (Å²) in [6.45, 7) is 5.74. The van der Waals surface area contributed by atoms with Crippen LogP contribution in [-0.2, 0) is 0 Å². The molecule has 0 radical (unpaired) electrons. The van der Waals surface area contributed by atoms with E-state index in [1.807, 2.05) is 0 Å². The van der Waals surface area contributed by atoms with E-state index in [0.717, 1.165) is 5.92 Å². The Bertz CT molecular complexity index is 99.7. The van der Waals surface area contributed by atoms with E-state index in [0.29, 0.717) is 6.04 Å². The van der Waals surface area contributed by atoms with Gasteiger partial charge in [-0.2, -0.15) is 11.8 Å². The molecule has 1 heterocycles. The molecule has 0 bridgehead atoms. The maximum absolute atomic E-state index is 3.56. The van der Waals surface area contributed by atoms with Crippen molar-refractivity contribution in [2.24, 2.45) is 5.92 Å². The zero-order valence-corrected chi connectivity index (χ0v) is 8.41. The van der Waals surface area contributed by atoms with Crippen LogP contribution in [0.2, 0.25) is 0 Å². The molecule has 0 aromatic carbocycles. The first-order valence-corrected chi connectivity index (χ1v) is 5.79. The molecule has 66 valence electrons. The number of hydrogen-bond acceptors (Lipinski definition) is 2. The van der Waals surface area contributed by atoms with Gasteiger partial charge >= 0.3 is 0 Å². The van der Waals surface area contributed by atoms with E-state index in [4.69, 9.17) is 0 Å². The standard InChI is InChI=1S/C9H19NS/c1-3-8(2)10-6-9-4-5-11-7-9/h8-10H,3-7H2,1-2H3. The van der Waals surface area contributed by atoms with E-state index in [9.17, 15) is 0 Å². The molecule has 1 aliphatic heterocycles. The zero-order valence-electron chi connectivity index (χ0n) is 7.60. The third kappa shape index (κ3) is 3.48. The van der Waals surface area contributed by atoms with Crippen molar-refractivity contribution in [1.29, 1.82) is 0 Å². The minimum Gasteiger partial charge on any atom is -0.314 e. The molecule has 0 aromatic rings. The summed E-state index contributed by atoms with van der Waals surface area (Å²) in [6, 6.07) is 0.709. The van der Waals surface area contributed by atoms with Crippen LogP contribution in [0.1, 0.15) is 26.7 Å². The van der Waals surface area contributed by atoms with Crippen molar-refractivity contribution in [3.8, 4) is 0 Å². The molecule has 2 heteroatoms. The van der Waals surface area contributed by atoms with E-state index in [-0.39, 0.29) is 0 Å². The SMILES string of the molecule is CCC(C)NCC1CCSC1. The lowest BCUT2D eigenvalue weighted by Crippen LogP contribution is -2.30. The Labute approximate surface area is 74.3 Å². The second-order valence-electron chi connectivity index (χ2n) is 3.45. The lowest BCUT2D eigenvalue weighted by Gasteiger charge is -2.14. The van der Waals surface area contributed by atoms with Crippen LogP contribution >= 0.6 is 11.8 Å². The smallest absolute Gasteiger partial charge is 0.00362 e. The molecule has 1 rings (SSSR count). The summed E-state index contributed by atoms with van der Waals surface area (Å²) >= 11 is 2.10.